The van der Waals surface area contributed by atoms with Crippen molar-refractivity contribution in [1.82, 2.24) is 10.3 Å². The maximum atomic E-state index is 4.25. The van der Waals surface area contributed by atoms with Gasteiger partial charge in [0, 0.05) is 12.4 Å². The van der Waals surface area contributed by atoms with E-state index >= 15 is 0 Å². The Kier molecular flexibility index (Phi) is 3.94. The Morgan fingerprint density at radius 3 is 2.69 bits per heavy atom. The molecule has 0 aromatic carbocycles. The van der Waals surface area contributed by atoms with Crippen molar-refractivity contribution in [2.24, 2.45) is 0 Å². The highest BCUT2D eigenvalue weighted by atomic mass is 127. The molecule has 0 aliphatic heterocycles. The summed E-state index contributed by atoms with van der Waals surface area (Å²) in [6.45, 7) is 2.07. The third-order valence-corrected chi connectivity index (χ3v) is 4.25. The number of aryl methyl sites for hydroxylation is 1. The maximum absolute atomic E-state index is 4.25. The lowest BCUT2D eigenvalue weighted by Crippen LogP contribution is -2.17. The van der Waals surface area contributed by atoms with E-state index in [0.29, 0.717) is 0 Å². The van der Waals surface area contributed by atoms with Gasteiger partial charge in [-0.15, -0.1) is 11.3 Å². The molecular weight excluding hydrogens is 331 g/mol. The Morgan fingerprint density at radius 2 is 2.12 bits per heavy atom. The number of nitrogens with one attached hydrogen (secondary N) is 1. The maximum Gasteiger partial charge on any atom is 0.0656 e. The number of aromatic nitrogens is 1. The standard InChI is InChI=1S/C12H13IN2S/c1-8-3-9(6-15-5-8)12(14-2)10-4-11(13)16-7-10/h3-7,12,14H,1-2H3. The van der Waals surface area contributed by atoms with Crippen LogP contribution >= 0.6 is 33.9 Å². The molecule has 2 rings (SSSR count). The van der Waals surface area contributed by atoms with Crippen LogP contribution in [0.5, 0.6) is 0 Å². The van der Waals surface area contributed by atoms with Gasteiger partial charge < -0.3 is 5.32 Å². The van der Waals surface area contributed by atoms with Crippen molar-refractivity contribution >= 4 is 33.9 Å². The van der Waals surface area contributed by atoms with Crippen LogP contribution in [-0.4, -0.2) is 12.0 Å². The SMILES string of the molecule is CNC(c1cncc(C)c1)c1csc(I)c1. The molecule has 0 radical (unpaired) electrons. The first-order valence-corrected chi connectivity index (χ1v) is 6.99. The molecule has 2 nitrogen and oxygen atoms in total. The van der Waals surface area contributed by atoms with Crippen LogP contribution in [0.4, 0.5) is 0 Å². The van der Waals surface area contributed by atoms with Gasteiger partial charge >= 0.3 is 0 Å². The quantitative estimate of drug-likeness (QED) is 0.864. The summed E-state index contributed by atoms with van der Waals surface area (Å²) in [5.41, 5.74) is 3.73. The first-order chi connectivity index (χ1) is 7.70. The van der Waals surface area contributed by atoms with Crippen LogP contribution in [-0.2, 0) is 0 Å². The Hall–Kier alpha value is -0.460. The van der Waals surface area contributed by atoms with E-state index in [-0.39, 0.29) is 6.04 Å². The molecule has 1 N–H and O–H groups in total. The van der Waals surface area contributed by atoms with E-state index in [4.69, 9.17) is 0 Å². The van der Waals surface area contributed by atoms with E-state index < -0.39 is 0 Å². The summed E-state index contributed by atoms with van der Waals surface area (Å²) < 4.78 is 1.31. The summed E-state index contributed by atoms with van der Waals surface area (Å²) in [5.74, 6) is 0. The molecule has 1 atom stereocenters. The van der Waals surface area contributed by atoms with Crippen molar-refractivity contribution in [3.8, 4) is 0 Å². The average molecular weight is 344 g/mol. The van der Waals surface area contributed by atoms with Gasteiger partial charge in [0.05, 0.1) is 8.93 Å². The lowest BCUT2D eigenvalue weighted by atomic mass is 10.0. The molecule has 2 aromatic heterocycles. The van der Waals surface area contributed by atoms with E-state index in [1.807, 2.05) is 19.4 Å². The first-order valence-electron chi connectivity index (χ1n) is 5.03. The zero-order valence-electron chi connectivity index (χ0n) is 9.20. The minimum Gasteiger partial charge on any atom is -0.309 e. The molecule has 4 heteroatoms. The molecule has 0 aliphatic carbocycles. The van der Waals surface area contributed by atoms with Crippen molar-refractivity contribution in [3.63, 3.8) is 0 Å². The Balaban J connectivity index is 2.36. The molecule has 0 saturated heterocycles. The van der Waals surface area contributed by atoms with Gasteiger partial charge in [0.1, 0.15) is 0 Å². The van der Waals surface area contributed by atoms with Crippen molar-refractivity contribution in [1.29, 1.82) is 0 Å². The van der Waals surface area contributed by atoms with Crippen LogP contribution in [0.15, 0.2) is 29.9 Å². The van der Waals surface area contributed by atoms with Gasteiger partial charge in [-0.05, 0) is 64.7 Å². The summed E-state index contributed by atoms with van der Waals surface area (Å²) in [6.07, 6.45) is 3.81. The Bertz CT molecular complexity index is 481. The van der Waals surface area contributed by atoms with Crippen molar-refractivity contribution < 1.29 is 0 Å². The fourth-order valence-electron chi connectivity index (χ4n) is 1.74. The summed E-state index contributed by atoms with van der Waals surface area (Å²) in [7, 11) is 1.98. The molecular formula is C12H13IN2S. The number of hydrogen-bond donors (Lipinski definition) is 1. The van der Waals surface area contributed by atoms with E-state index in [1.54, 1.807) is 11.3 Å². The highest BCUT2D eigenvalue weighted by Crippen LogP contribution is 2.27. The molecule has 84 valence electrons. The fourth-order valence-corrected chi connectivity index (χ4v) is 3.13. The Morgan fingerprint density at radius 1 is 1.31 bits per heavy atom. The van der Waals surface area contributed by atoms with Crippen molar-refractivity contribution in [3.05, 3.63) is 49.5 Å². The number of thiophene rings is 1. The highest BCUT2D eigenvalue weighted by molar-refractivity contribution is 14.1. The van der Waals surface area contributed by atoms with Crippen LogP contribution in [0.3, 0.4) is 0 Å². The van der Waals surface area contributed by atoms with Crippen LogP contribution in [0.25, 0.3) is 0 Å². The van der Waals surface area contributed by atoms with Gasteiger partial charge in [0.25, 0.3) is 0 Å². The molecule has 0 amide bonds. The molecule has 2 heterocycles. The molecule has 0 aliphatic rings. The Labute approximate surface area is 113 Å². The largest absolute Gasteiger partial charge is 0.309 e. The number of hydrogen-bond acceptors (Lipinski definition) is 3. The summed E-state index contributed by atoms with van der Waals surface area (Å²) in [5, 5.41) is 5.54. The van der Waals surface area contributed by atoms with E-state index in [0.717, 1.165) is 0 Å². The van der Waals surface area contributed by atoms with Crippen molar-refractivity contribution in [2.75, 3.05) is 7.05 Å². The van der Waals surface area contributed by atoms with Crippen LogP contribution in [0.1, 0.15) is 22.7 Å². The van der Waals surface area contributed by atoms with Crippen LogP contribution < -0.4 is 5.32 Å². The molecule has 0 spiro atoms. The topological polar surface area (TPSA) is 24.9 Å². The molecule has 2 aromatic rings. The number of pyridine rings is 1. The summed E-state index contributed by atoms with van der Waals surface area (Å²) in [6, 6.07) is 4.64. The highest BCUT2D eigenvalue weighted by Gasteiger charge is 2.13. The van der Waals surface area contributed by atoms with Crippen LogP contribution in [0.2, 0.25) is 0 Å². The summed E-state index contributed by atoms with van der Waals surface area (Å²) >= 11 is 4.12. The van der Waals surface area contributed by atoms with Crippen LogP contribution in [0, 0.1) is 9.81 Å². The summed E-state index contributed by atoms with van der Waals surface area (Å²) in [4.78, 5) is 4.25. The monoisotopic (exact) mass is 344 g/mol. The fraction of sp³-hybridized carbons (Fsp3) is 0.250. The number of nitrogens with zero attached hydrogens (tertiary/aromatic N) is 1. The number of halogens is 1. The smallest absolute Gasteiger partial charge is 0.0656 e. The second kappa shape index (κ2) is 5.25. The zero-order chi connectivity index (χ0) is 11.5. The van der Waals surface area contributed by atoms with E-state index in [1.165, 1.54) is 19.6 Å². The predicted octanol–water partition coefficient (Wildman–Crippen LogP) is 3.36. The minimum atomic E-state index is 0.243. The predicted molar refractivity (Wildman–Crippen MR) is 76.9 cm³/mol. The molecule has 0 saturated carbocycles. The van der Waals surface area contributed by atoms with Gasteiger partial charge in [0.2, 0.25) is 0 Å². The second-order valence-corrected chi connectivity index (χ2v) is 6.51. The van der Waals surface area contributed by atoms with Gasteiger partial charge in [-0.3, -0.25) is 4.98 Å². The van der Waals surface area contributed by atoms with E-state index in [2.05, 4.69) is 57.3 Å². The lowest BCUT2D eigenvalue weighted by molar-refractivity contribution is 0.690. The van der Waals surface area contributed by atoms with Gasteiger partial charge in [-0.1, -0.05) is 6.07 Å². The minimum absolute atomic E-state index is 0.243. The van der Waals surface area contributed by atoms with Gasteiger partial charge in [-0.2, -0.15) is 0 Å². The van der Waals surface area contributed by atoms with Gasteiger partial charge in [0.15, 0.2) is 0 Å². The van der Waals surface area contributed by atoms with E-state index in [9.17, 15) is 0 Å². The zero-order valence-corrected chi connectivity index (χ0v) is 12.2. The molecule has 0 fully saturated rings. The van der Waals surface area contributed by atoms with Crippen molar-refractivity contribution in [2.45, 2.75) is 13.0 Å². The normalized spacial score (nSPS) is 12.7. The first kappa shape index (κ1) is 12.0. The molecule has 16 heavy (non-hydrogen) atoms. The third kappa shape index (κ3) is 2.61. The van der Waals surface area contributed by atoms with Gasteiger partial charge in [-0.25, -0.2) is 0 Å². The molecule has 1 unspecified atom stereocenters. The average Bonchev–Trinajstić information content (AvgIpc) is 2.66. The second-order valence-electron chi connectivity index (χ2n) is 3.70. The number of rotatable bonds is 3. The third-order valence-electron chi connectivity index (χ3n) is 2.44. The molecule has 0 bridgehead atoms. The lowest BCUT2D eigenvalue weighted by Gasteiger charge is -2.15.